The molecule has 1 heterocycles. The van der Waals surface area contributed by atoms with Gasteiger partial charge in [0.1, 0.15) is 19.2 Å². The SMILES string of the molecule is CC.CCC(=O)OCc1ccc(NC(=O)CNC(=O)C(NC(=O)CN2C(=O)CC(C(C)C)C2=O)C(C)C)cc1.CCCNC(N)=O.CN. The van der Waals surface area contributed by atoms with Crippen molar-refractivity contribution in [1.29, 1.82) is 0 Å². The van der Waals surface area contributed by atoms with Crippen molar-refractivity contribution in [2.75, 3.05) is 32.0 Å². The molecule has 15 nitrogen and oxygen atoms in total. The van der Waals surface area contributed by atoms with E-state index in [1.54, 1.807) is 45.0 Å². The highest BCUT2D eigenvalue weighted by Gasteiger charge is 2.41. The Balaban J connectivity index is 0. The molecular formula is C33H57N7O8. The van der Waals surface area contributed by atoms with E-state index in [0.717, 1.165) is 16.9 Å². The normalized spacial score (nSPS) is 13.8. The van der Waals surface area contributed by atoms with Gasteiger partial charge in [0.05, 0.1) is 6.54 Å². The first-order valence-electron chi connectivity index (χ1n) is 16.3. The number of likely N-dealkylation sites (tertiary alicyclic amines) is 1. The van der Waals surface area contributed by atoms with Gasteiger partial charge in [-0.05, 0) is 43.0 Å². The van der Waals surface area contributed by atoms with Gasteiger partial charge < -0.3 is 37.5 Å². The third kappa shape index (κ3) is 18.0. The molecule has 1 fully saturated rings. The number of anilines is 1. The third-order valence-corrected chi connectivity index (χ3v) is 6.55. The zero-order valence-corrected chi connectivity index (χ0v) is 29.9. The minimum atomic E-state index is -0.959. The average Bonchev–Trinajstić information content (AvgIpc) is 3.35. The molecule has 2 unspecified atom stereocenters. The molecule has 0 aliphatic carbocycles. The largest absolute Gasteiger partial charge is 0.461 e. The zero-order valence-electron chi connectivity index (χ0n) is 29.9. The van der Waals surface area contributed by atoms with Crippen molar-refractivity contribution >= 4 is 47.2 Å². The van der Waals surface area contributed by atoms with E-state index in [1.807, 2.05) is 34.6 Å². The van der Waals surface area contributed by atoms with E-state index >= 15 is 0 Å². The Hall–Kier alpha value is -4.53. The molecule has 0 bridgehead atoms. The first-order valence-corrected chi connectivity index (χ1v) is 16.3. The molecule has 48 heavy (non-hydrogen) atoms. The minimum Gasteiger partial charge on any atom is -0.461 e. The molecule has 2 atom stereocenters. The summed E-state index contributed by atoms with van der Waals surface area (Å²) in [6, 6.07) is 5.32. The number of nitrogens with one attached hydrogen (secondary N) is 4. The number of nitrogens with two attached hydrogens (primary N) is 2. The molecule has 1 aromatic carbocycles. The summed E-state index contributed by atoms with van der Waals surface area (Å²) in [5.74, 6) is -3.54. The molecule has 0 spiro atoms. The molecule has 1 aliphatic rings. The first kappa shape index (κ1) is 45.6. The van der Waals surface area contributed by atoms with Gasteiger partial charge in [0.2, 0.25) is 29.5 Å². The third-order valence-electron chi connectivity index (χ3n) is 6.55. The second-order valence-electron chi connectivity index (χ2n) is 10.9. The number of hydrogen-bond acceptors (Lipinski definition) is 9. The van der Waals surface area contributed by atoms with E-state index in [-0.39, 0.29) is 49.7 Å². The number of ether oxygens (including phenoxy) is 1. The standard InChI is InChI=1S/C26H36N4O7.C4H10N2O.C2H6.CH5N/c1-6-23(34)37-14-17-7-9-18(10-8-17)28-20(31)12-27-25(35)24(16(4)5)29-21(32)13-30-22(33)11-19(15(2)3)26(30)36;1-2-3-6-4(5)7;2*1-2/h7-10,15-16,19,24H,6,11-14H2,1-5H3,(H,27,35)(H,28,31)(H,29,32);2-3H2,1H3,(H3,5,6,7);1-2H3;2H2,1H3. The number of imide groups is 1. The van der Waals surface area contributed by atoms with Gasteiger partial charge in [-0.2, -0.15) is 0 Å². The number of carbonyl (C=O) groups is 7. The van der Waals surface area contributed by atoms with Gasteiger partial charge in [-0.25, -0.2) is 4.79 Å². The molecule has 1 aromatic rings. The van der Waals surface area contributed by atoms with Crippen LogP contribution in [0.25, 0.3) is 0 Å². The van der Waals surface area contributed by atoms with Crippen LogP contribution in [0.3, 0.4) is 0 Å². The summed E-state index contributed by atoms with van der Waals surface area (Å²) in [5, 5.41) is 10.2. The number of benzene rings is 1. The molecule has 8 N–H and O–H groups in total. The Kier molecular flexibility index (Phi) is 24.3. The summed E-state index contributed by atoms with van der Waals surface area (Å²) >= 11 is 0. The maximum absolute atomic E-state index is 12.7. The monoisotopic (exact) mass is 679 g/mol. The predicted molar refractivity (Wildman–Crippen MR) is 184 cm³/mol. The zero-order chi connectivity index (χ0) is 37.4. The molecule has 1 saturated heterocycles. The fourth-order valence-electron chi connectivity index (χ4n) is 3.97. The molecular weight excluding hydrogens is 622 g/mol. The van der Waals surface area contributed by atoms with E-state index < -0.39 is 48.2 Å². The molecule has 272 valence electrons. The lowest BCUT2D eigenvalue weighted by atomic mass is 9.94. The second kappa shape index (κ2) is 25.5. The summed E-state index contributed by atoms with van der Waals surface area (Å²) in [6.07, 6.45) is 1.29. The number of amides is 7. The van der Waals surface area contributed by atoms with E-state index in [1.165, 1.54) is 7.05 Å². The number of rotatable bonds is 14. The molecule has 0 saturated carbocycles. The predicted octanol–water partition coefficient (Wildman–Crippen LogP) is 2.03. The van der Waals surface area contributed by atoms with Gasteiger partial charge in [0.15, 0.2) is 0 Å². The van der Waals surface area contributed by atoms with Crippen LogP contribution >= 0.6 is 0 Å². The van der Waals surface area contributed by atoms with Gasteiger partial charge in [-0.1, -0.05) is 67.5 Å². The number of carbonyl (C=O) groups excluding carboxylic acids is 7. The van der Waals surface area contributed by atoms with Gasteiger partial charge >= 0.3 is 12.0 Å². The molecule has 0 radical (unpaired) electrons. The number of esters is 1. The number of hydrogen-bond donors (Lipinski definition) is 6. The number of primary amides is 1. The lowest BCUT2D eigenvalue weighted by Gasteiger charge is -2.23. The summed E-state index contributed by atoms with van der Waals surface area (Å²) in [6.45, 7) is 14.8. The first-order chi connectivity index (χ1) is 22.7. The summed E-state index contributed by atoms with van der Waals surface area (Å²) in [5.41, 5.74) is 10.5. The van der Waals surface area contributed by atoms with Crippen molar-refractivity contribution in [2.24, 2.45) is 29.2 Å². The van der Waals surface area contributed by atoms with E-state index in [0.29, 0.717) is 12.2 Å². The van der Waals surface area contributed by atoms with E-state index in [4.69, 9.17) is 10.5 Å². The van der Waals surface area contributed by atoms with Gasteiger partial charge in [0.25, 0.3) is 0 Å². The van der Waals surface area contributed by atoms with Crippen LogP contribution in [0.1, 0.15) is 80.2 Å². The highest BCUT2D eigenvalue weighted by Crippen LogP contribution is 2.26. The molecule has 0 aromatic heterocycles. The minimum absolute atomic E-state index is 0.0201. The van der Waals surface area contributed by atoms with Crippen molar-refractivity contribution in [3.63, 3.8) is 0 Å². The number of nitrogens with zero attached hydrogens (tertiary/aromatic N) is 1. The maximum Gasteiger partial charge on any atom is 0.312 e. The highest BCUT2D eigenvalue weighted by atomic mass is 16.5. The topological polar surface area (TPSA) is 232 Å². The molecule has 1 aliphatic heterocycles. The lowest BCUT2D eigenvalue weighted by molar-refractivity contribution is -0.145. The van der Waals surface area contributed by atoms with Crippen molar-refractivity contribution in [1.82, 2.24) is 20.9 Å². The fourth-order valence-corrected chi connectivity index (χ4v) is 3.97. The van der Waals surface area contributed by atoms with Crippen molar-refractivity contribution < 1.29 is 38.3 Å². The lowest BCUT2D eigenvalue weighted by Crippen LogP contribution is -2.53. The van der Waals surface area contributed by atoms with Crippen LogP contribution in [-0.2, 0) is 40.1 Å². The quantitative estimate of drug-likeness (QED) is 0.125. The van der Waals surface area contributed by atoms with Gasteiger partial charge in [-0.3, -0.25) is 33.7 Å². The van der Waals surface area contributed by atoms with Gasteiger partial charge in [-0.15, -0.1) is 0 Å². The number of urea groups is 1. The fraction of sp³-hybridized carbons (Fsp3) is 0.606. The van der Waals surface area contributed by atoms with Crippen LogP contribution < -0.4 is 32.7 Å². The molecule has 15 heteroatoms. The van der Waals surface area contributed by atoms with Crippen LogP contribution in [-0.4, -0.2) is 79.2 Å². The average molecular weight is 680 g/mol. The summed E-state index contributed by atoms with van der Waals surface area (Å²) in [7, 11) is 1.50. The van der Waals surface area contributed by atoms with Crippen LogP contribution in [0.5, 0.6) is 0 Å². The van der Waals surface area contributed by atoms with E-state index in [9.17, 15) is 33.6 Å². The Morgan fingerprint density at radius 2 is 1.52 bits per heavy atom. The maximum atomic E-state index is 12.7. The second-order valence-corrected chi connectivity index (χ2v) is 10.9. The van der Waals surface area contributed by atoms with Crippen molar-refractivity contribution in [3.8, 4) is 0 Å². The Morgan fingerprint density at radius 1 is 0.938 bits per heavy atom. The Morgan fingerprint density at radius 3 is 1.96 bits per heavy atom. The van der Waals surface area contributed by atoms with Crippen LogP contribution in [0.15, 0.2) is 24.3 Å². The van der Waals surface area contributed by atoms with Crippen LogP contribution in [0, 0.1) is 17.8 Å². The Bertz CT molecular complexity index is 1170. The summed E-state index contributed by atoms with van der Waals surface area (Å²) < 4.78 is 5.05. The van der Waals surface area contributed by atoms with Crippen molar-refractivity contribution in [2.45, 2.75) is 87.3 Å². The van der Waals surface area contributed by atoms with Crippen LogP contribution in [0.4, 0.5) is 10.5 Å². The smallest absolute Gasteiger partial charge is 0.312 e. The summed E-state index contributed by atoms with van der Waals surface area (Å²) in [4.78, 5) is 84.2. The highest BCUT2D eigenvalue weighted by molar-refractivity contribution is 6.06. The van der Waals surface area contributed by atoms with Crippen molar-refractivity contribution in [3.05, 3.63) is 29.8 Å². The van der Waals surface area contributed by atoms with Gasteiger partial charge in [0, 0.05) is 31.0 Å². The molecule has 2 rings (SSSR count). The Labute approximate surface area is 284 Å². The molecule has 7 amide bonds. The van der Waals surface area contributed by atoms with Crippen LogP contribution in [0.2, 0.25) is 0 Å². The van der Waals surface area contributed by atoms with E-state index in [2.05, 4.69) is 27.0 Å².